The quantitative estimate of drug-likeness (QED) is 0.886. The summed E-state index contributed by atoms with van der Waals surface area (Å²) in [7, 11) is 0. The monoisotopic (exact) mass is 322 g/mol. The zero-order chi connectivity index (χ0) is 16.9. The van der Waals surface area contributed by atoms with E-state index in [0.29, 0.717) is 12.3 Å². The van der Waals surface area contributed by atoms with Gasteiger partial charge in [-0.2, -0.15) is 0 Å². The normalized spacial score (nSPS) is 20.9. The standard InChI is InChI=1S/C21H26N2O/c1-2-19(22)21(24)23-20-17(14-15-8-4-3-5-9-15)13-12-16-10-6-7-11-18(16)20/h3-11,17,19-20H,2,12-14,22H2,1H3,(H,23,24). The topological polar surface area (TPSA) is 55.1 Å². The number of fused-ring (bicyclic) bond motifs is 1. The largest absolute Gasteiger partial charge is 0.348 e. The van der Waals surface area contributed by atoms with E-state index in [-0.39, 0.29) is 11.9 Å². The molecule has 0 spiro atoms. The van der Waals surface area contributed by atoms with E-state index in [0.717, 1.165) is 19.3 Å². The molecule has 126 valence electrons. The highest BCUT2D eigenvalue weighted by Crippen LogP contribution is 2.36. The lowest BCUT2D eigenvalue weighted by molar-refractivity contribution is -0.123. The number of rotatable bonds is 5. The average Bonchev–Trinajstić information content (AvgIpc) is 2.63. The Morgan fingerprint density at radius 2 is 1.88 bits per heavy atom. The van der Waals surface area contributed by atoms with E-state index in [1.807, 2.05) is 13.0 Å². The van der Waals surface area contributed by atoms with Crippen LogP contribution in [-0.2, 0) is 17.6 Å². The number of amides is 1. The van der Waals surface area contributed by atoms with Crippen molar-refractivity contribution in [1.29, 1.82) is 0 Å². The van der Waals surface area contributed by atoms with Crippen molar-refractivity contribution in [2.24, 2.45) is 11.7 Å². The van der Waals surface area contributed by atoms with Crippen molar-refractivity contribution in [1.82, 2.24) is 5.32 Å². The van der Waals surface area contributed by atoms with Crippen LogP contribution in [0, 0.1) is 5.92 Å². The van der Waals surface area contributed by atoms with E-state index in [1.165, 1.54) is 16.7 Å². The maximum absolute atomic E-state index is 12.4. The van der Waals surface area contributed by atoms with Crippen molar-refractivity contribution in [3.63, 3.8) is 0 Å². The van der Waals surface area contributed by atoms with Gasteiger partial charge >= 0.3 is 0 Å². The van der Waals surface area contributed by atoms with Crippen LogP contribution in [0.5, 0.6) is 0 Å². The van der Waals surface area contributed by atoms with Crippen molar-refractivity contribution >= 4 is 5.91 Å². The first-order chi connectivity index (χ1) is 11.7. The second kappa shape index (κ2) is 7.63. The molecule has 1 aliphatic rings. The Balaban J connectivity index is 1.85. The van der Waals surface area contributed by atoms with Crippen LogP contribution >= 0.6 is 0 Å². The Labute approximate surface area is 144 Å². The van der Waals surface area contributed by atoms with Gasteiger partial charge in [0.2, 0.25) is 5.91 Å². The summed E-state index contributed by atoms with van der Waals surface area (Å²) in [5, 5.41) is 3.23. The van der Waals surface area contributed by atoms with Gasteiger partial charge in [-0.3, -0.25) is 4.79 Å². The van der Waals surface area contributed by atoms with Gasteiger partial charge in [0.1, 0.15) is 0 Å². The first-order valence-electron chi connectivity index (χ1n) is 8.86. The molecule has 3 nitrogen and oxygen atoms in total. The summed E-state index contributed by atoms with van der Waals surface area (Å²) in [6.45, 7) is 1.94. The highest BCUT2D eigenvalue weighted by atomic mass is 16.2. The Kier molecular flexibility index (Phi) is 5.31. The van der Waals surface area contributed by atoms with Gasteiger partial charge in [0.25, 0.3) is 0 Å². The first-order valence-corrected chi connectivity index (χ1v) is 8.86. The molecule has 24 heavy (non-hydrogen) atoms. The van der Waals surface area contributed by atoms with Gasteiger partial charge in [0.15, 0.2) is 0 Å². The number of carbonyl (C=O) groups is 1. The van der Waals surface area contributed by atoms with E-state index in [1.54, 1.807) is 0 Å². The molecule has 0 radical (unpaired) electrons. The summed E-state index contributed by atoms with van der Waals surface area (Å²) in [6, 6.07) is 18.6. The molecular formula is C21H26N2O. The maximum atomic E-state index is 12.4. The third-order valence-corrected chi connectivity index (χ3v) is 5.06. The first kappa shape index (κ1) is 16.7. The van der Waals surface area contributed by atoms with Crippen LogP contribution in [0.1, 0.15) is 42.5 Å². The highest BCUT2D eigenvalue weighted by molar-refractivity contribution is 5.82. The van der Waals surface area contributed by atoms with Crippen molar-refractivity contribution in [3.05, 3.63) is 71.3 Å². The van der Waals surface area contributed by atoms with Crippen molar-refractivity contribution in [2.75, 3.05) is 0 Å². The molecule has 3 N–H and O–H groups in total. The SMILES string of the molecule is CCC(N)C(=O)NC1c2ccccc2CCC1Cc1ccccc1. The van der Waals surface area contributed by atoms with Crippen molar-refractivity contribution < 1.29 is 4.79 Å². The fourth-order valence-corrected chi connectivity index (χ4v) is 3.60. The number of nitrogens with one attached hydrogen (secondary N) is 1. The Morgan fingerprint density at radius 3 is 2.62 bits per heavy atom. The number of nitrogens with two attached hydrogens (primary N) is 1. The lowest BCUT2D eigenvalue weighted by Crippen LogP contribution is -2.45. The molecule has 2 aromatic carbocycles. The molecule has 0 saturated heterocycles. The van der Waals surface area contributed by atoms with Crippen LogP contribution < -0.4 is 11.1 Å². The minimum atomic E-state index is -0.434. The highest BCUT2D eigenvalue weighted by Gasteiger charge is 2.31. The third-order valence-electron chi connectivity index (χ3n) is 5.06. The van der Waals surface area contributed by atoms with Crippen molar-refractivity contribution in [3.8, 4) is 0 Å². The number of hydrogen-bond donors (Lipinski definition) is 2. The maximum Gasteiger partial charge on any atom is 0.237 e. The predicted molar refractivity (Wildman–Crippen MR) is 97.5 cm³/mol. The summed E-state index contributed by atoms with van der Waals surface area (Å²) in [5.74, 6) is 0.354. The van der Waals surface area contributed by atoms with Crippen LogP contribution in [0.2, 0.25) is 0 Å². The molecule has 0 aliphatic heterocycles. The molecule has 1 aliphatic carbocycles. The molecule has 3 rings (SSSR count). The molecule has 0 saturated carbocycles. The van der Waals surface area contributed by atoms with Gasteiger partial charge in [-0.1, -0.05) is 61.5 Å². The summed E-state index contributed by atoms with van der Waals surface area (Å²) in [4.78, 5) is 12.4. The van der Waals surface area contributed by atoms with Gasteiger partial charge in [0, 0.05) is 0 Å². The van der Waals surface area contributed by atoms with Crippen molar-refractivity contribution in [2.45, 2.75) is 44.7 Å². The molecule has 3 unspecified atom stereocenters. The molecular weight excluding hydrogens is 296 g/mol. The fourth-order valence-electron chi connectivity index (χ4n) is 3.60. The average molecular weight is 322 g/mol. The van der Waals surface area contributed by atoms with Crippen LogP contribution in [0.4, 0.5) is 0 Å². The predicted octanol–water partition coefficient (Wildman–Crippen LogP) is 3.39. The summed E-state index contributed by atoms with van der Waals surface area (Å²) in [5.41, 5.74) is 9.86. The number of aryl methyl sites for hydroxylation is 1. The molecule has 3 heteroatoms. The number of hydrogen-bond acceptors (Lipinski definition) is 2. The van der Waals surface area contributed by atoms with E-state index in [4.69, 9.17) is 5.73 Å². The Hall–Kier alpha value is -2.13. The lowest BCUT2D eigenvalue weighted by Gasteiger charge is -2.35. The third kappa shape index (κ3) is 3.68. The molecule has 1 amide bonds. The minimum Gasteiger partial charge on any atom is -0.348 e. The Bertz CT molecular complexity index is 683. The number of benzene rings is 2. The summed E-state index contributed by atoms with van der Waals surface area (Å²) < 4.78 is 0. The second-order valence-corrected chi connectivity index (χ2v) is 6.69. The zero-order valence-electron chi connectivity index (χ0n) is 14.2. The van der Waals surface area contributed by atoms with E-state index in [2.05, 4.69) is 53.8 Å². The van der Waals surface area contributed by atoms with Gasteiger partial charge in [-0.15, -0.1) is 0 Å². The van der Waals surface area contributed by atoms with Crippen LogP contribution in [0.25, 0.3) is 0 Å². The zero-order valence-corrected chi connectivity index (χ0v) is 14.2. The minimum absolute atomic E-state index is 0.0419. The molecule has 0 heterocycles. The Morgan fingerprint density at radius 1 is 1.17 bits per heavy atom. The molecule has 0 bridgehead atoms. The second-order valence-electron chi connectivity index (χ2n) is 6.69. The van der Waals surface area contributed by atoms with Crippen LogP contribution in [-0.4, -0.2) is 11.9 Å². The van der Waals surface area contributed by atoms with Gasteiger partial charge in [-0.25, -0.2) is 0 Å². The lowest BCUT2D eigenvalue weighted by atomic mass is 9.77. The van der Waals surface area contributed by atoms with Crippen LogP contribution in [0.15, 0.2) is 54.6 Å². The van der Waals surface area contributed by atoms with E-state index in [9.17, 15) is 4.79 Å². The molecule has 3 atom stereocenters. The summed E-state index contributed by atoms with van der Waals surface area (Å²) in [6.07, 6.45) is 3.78. The van der Waals surface area contributed by atoms with Gasteiger partial charge < -0.3 is 11.1 Å². The molecule has 0 aromatic heterocycles. The van der Waals surface area contributed by atoms with Gasteiger partial charge in [-0.05, 0) is 48.3 Å². The van der Waals surface area contributed by atoms with Crippen LogP contribution in [0.3, 0.4) is 0 Å². The number of carbonyl (C=O) groups excluding carboxylic acids is 1. The summed E-state index contributed by atoms with van der Waals surface area (Å²) >= 11 is 0. The van der Waals surface area contributed by atoms with Gasteiger partial charge in [0.05, 0.1) is 12.1 Å². The van der Waals surface area contributed by atoms with E-state index < -0.39 is 6.04 Å². The molecule has 0 fully saturated rings. The smallest absolute Gasteiger partial charge is 0.237 e. The fraction of sp³-hybridized carbons (Fsp3) is 0.381. The van der Waals surface area contributed by atoms with E-state index >= 15 is 0 Å². The molecule has 2 aromatic rings.